The highest BCUT2D eigenvalue weighted by molar-refractivity contribution is 6.33. The van der Waals surface area contributed by atoms with Crippen LogP contribution in [-0.2, 0) is 9.53 Å². The number of hydrogen-bond acceptors (Lipinski definition) is 5. The molecule has 1 aromatic rings. The molecule has 6 heteroatoms. The Morgan fingerprint density at radius 3 is 2.43 bits per heavy atom. The van der Waals surface area contributed by atoms with E-state index in [-0.39, 0.29) is 11.6 Å². The third-order valence-electron chi connectivity index (χ3n) is 3.24. The van der Waals surface area contributed by atoms with E-state index in [0.29, 0.717) is 23.5 Å². The number of aliphatic hydroxyl groups excluding tert-OH is 1. The molecule has 0 fully saturated rings. The van der Waals surface area contributed by atoms with Gasteiger partial charge in [0.25, 0.3) is 0 Å². The smallest absolute Gasteiger partial charge is 0.311 e. The SMILES string of the molecule is CCOC(=O)C(CC)C(O)c1ccc(OC)c(OC)c1Cl. The topological polar surface area (TPSA) is 65.0 Å². The third-order valence-corrected chi connectivity index (χ3v) is 3.63. The molecule has 1 aromatic carbocycles. The summed E-state index contributed by atoms with van der Waals surface area (Å²) in [6.45, 7) is 3.79. The molecule has 0 aliphatic rings. The number of carbonyl (C=O) groups is 1. The Balaban J connectivity index is 3.17. The van der Waals surface area contributed by atoms with Crippen LogP contribution in [0.1, 0.15) is 31.9 Å². The van der Waals surface area contributed by atoms with E-state index in [0.717, 1.165) is 0 Å². The van der Waals surface area contributed by atoms with Gasteiger partial charge in [-0.1, -0.05) is 24.6 Å². The van der Waals surface area contributed by atoms with Crippen LogP contribution in [0.15, 0.2) is 12.1 Å². The van der Waals surface area contributed by atoms with E-state index in [2.05, 4.69) is 0 Å². The quantitative estimate of drug-likeness (QED) is 0.783. The molecule has 1 rings (SSSR count). The predicted octanol–water partition coefficient (Wildman–Crippen LogP) is 2.98. The van der Waals surface area contributed by atoms with Crippen LogP contribution in [0.3, 0.4) is 0 Å². The summed E-state index contributed by atoms with van der Waals surface area (Å²) in [5, 5.41) is 10.7. The lowest BCUT2D eigenvalue weighted by atomic mass is 9.93. The number of halogens is 1. The first-order valence-electron chi connectivity index (χ1n) is 6.76. The maximum atomic E-state index is 11.9. The van der Waals surface area contributed by atoms with Crippen molar-refractivity contribution in [2.24, 2.45) is 5.92 Å². The van der Waals surface area contributed by atoms with Gasteiger partial charge < -0.3 is 19.3 Å². The average molecular weight is 317 g/mol. The fourth-order valence-corrected chi connectivity index (χ4v) is 2.46. The van der Waals surface area contributed by atoms with Crippen LogP contribution >= 0.6 is 11.6 Å². The molecule has 0 saturated heterocycles. The van der Waals surface area contributed by atoms with Crippen molar-refractivity contribution in [1.82, 2.24) is 0 Å². The van der Waals surface area contributed by atoms with Gasteiger partial charge in [0.2, 0.25) is 0 Å². The second kappa shape index (κ2) is 8.10. The molecular weight excluding hydrogens is 296 g/mol. The summed E-state index contributed by atoms with van der Waals surface area (Å²) in [6.07, 6.45) is -0.633. The Morgan fingerprint density at radius 2 is 1.95 bits per heavy atom. The van der Waals surface area contributed by atoms with Crippen molar-refractivity contribution in [2.75, 3.05) is 20.8 Å². The number of methoxy groups -OCH3 is 2. The summed E-state index contributed by atoms with van der Waals surface area (Å²) in [5.41, 5.74) is 0.411. The van der Waals surface area contributed by atoms with E-state index < -0.39 is 18.0 Å². The number of esters is 1. The molecule has 0 radical (unpaired) electrons. The van der Waals surface area contributed by atoms with Crippen LogP contribution in [0, 0.1) is 5.92 Å². The van der Waals surface area contributed by atoms with Gasteiger partial charge in [0.15, 0.2) is 11.5 Å². The monoisotopic (exact) mass is 316 g/mol. The maximum absolute atomic E-state index is 11.9. The van der Waals surface area contributed by atoms with E-state index >= 15 is 0 Å². The van der Waals surface area contributed by atoms with Crippen LogP contribution < -0.4 is 9.47 Å². The highest BCUT2D eigenvalue weighted by atomic mass is 35.5. The minimum absolute atomic E-state index is 0.229. The molecule has 0 aromatic heterocycles. The number of carbonyl (C=O) groups excluding carboxylic acids is 1. The standard InChI is InChI=1S/C15H21ClO5/c1-5-9(15(18)21-6-2)13(17)10-7-8-11(19-3)14(20-4)12(10)16/h7-9,13,17H,5-6H2,1-4H3. The van der Waals surface area contributed by atoms with Gasteiger partial charge in [0.05, 0.1) is 37.9 Å². The Kier molecular flexibility index (Phi) is 6.78. The minimum atomic E-state index is -1.07. The second-order valence-corrected chi connectivity index (χ2v) is 4.79. The van der Waals surface area contributed by atoms with Crippen LogP contribution in [0.25, 0.3) is 0 Å². The lowest BCUT2D eigenvalue weighted by Crippen LogP contribution is -2.24. The molecule has 0 heterocycles. The van der Waals surface area contributed by atoms with Gasteiger partial charge in [-0.25, -0.2) is 0 Å². The molecule has 0 aliphatic carbocycles. The first-order valence-corrected chi connectivity index (χ1v) is 7.14. The fourth-order valence-electron chi connectivity index (χ4n) is 2.12. The Hall–Kier alpha value is -1.46. The van der Waals surface area contributed by atoms with Crippen molar-refractivity contribution in [3.8, 4) is 11.5 Å². The van der Waals surface area contributed by atoms with Crippen LogP contribution in [0.5, 0.6) is 11.5 Å². The molecule has 0 aliphatic heterocycles. The number of hydrogen-bond donors (Lipinski definition) is 1. The molecule has 0 spiro atoms. The van der Waals surface area contributed by atoms with Crippen molar-refractivity contribution in [2.45, 2.75) is 26.4 Å². The molecule has 2 unspecified atom stereocenters. The lowest BCUT2D eigenvalue weighted by molar-refractivity contribution is -0.152. The Bertz CT molecular complexity index is 489. The zero-order valence-corrected chi connectivity index (χ0v) is 13.4. The molecule has 0 amide bonds. The van der Waals surface area contributed by atoms with Crippen LogP contribution in [0.2, 0.25) is 5.02 Å². The van der Waals surface area contributed by atoms with Crippen LogP contribution in [0.4, 0.5) is 0 Å². The van der Waals surface area contributed by atoms with Crippen molar-refractivity contribution < 1.29 is 24.1 Å². The highest BCUT2D eigenvalue weighted by Crippen LogP contribution is 2.41. The molecule has 118 valence electrons. The van der Waals surface area contributed by atoms with Gasteiger partial charge in [0, 0.05) is 5.56 Å². The summed E-state index contributed by atoms with van der Waals surface area (Å²) in [6, 6.07) is 3.26. The van der Waals surface area contributed by atoms with Crippen molar-refractivity contribution in [1.29, 1.82) is 0 Å². The largest absolute Gasteiger partial charge is 0.493 e. The first kappa shape index (κ1) is 17.6. The highest BCUT2D eigenvalue weighted by Gasteiger charge is 2.30. The van der Waals surface area contributed by atoms with Gasteiger partial charge in [-0.3, -0.25) is 4.79 Å². The van der Waals surface area contributed by atoms with Gasteiger partial charge in [-0.15, -0.1) is 0 Å². The maximum Gasteiger partial charge on any atom is 0.311 e. The zero-order valence-electron chi connectivity index (χ0n) is 12.7. The molecule has 0 bridgehead atoms. The summed E-state index contributed by atoms with van der Waals surface area (Å²) in [5.74, 6) is -0.337. The van der Waals surface area contributed by atoms with E-state index in [1.165, 1.54) is 14.2 Å². The van der Waals surface area contributed by atoms with Gasteiger partial charge in [-0.2, -0.15) is 0 Å². The molecule has 5 nitrogen and oxygen atoms in total. The number of rotatable bonds is 7. The van der Waals surface area contributed by atoms with E-state index in [1.54, 1.807) is 26.0 Å². The lowest BCUT2D eigenvalue weighted by Gasteiger charge is -2.22. The molecule has 0 saturated carbocycles. The number of aliphatic hydroxyl groups is 1. The fraction of sp³-hybridized carbons (Fsp3) is 0.533. The third kappa shape index (κ3) is 3.80. The second-order valence-electron chi connectivity index (χ2n) is 4.42. The van der Waals surface area contributed by atoms with Crippen molar-refractivity contribution >= 4 is 17.6 Å². The molecule has 21 heavy (non-hydrogen) atoms. The van der Waals surface area contributed by atoms with E-state index in [1.807, 2.05) is 0 Å². The van der Waals surface area contributed by atoms with Gasteiger partial charge in [-0.05, 0) is 19.4 Å². The van der Waals surface area contributed by atoms with Crippen LogP contribution in [-0.4, -0.2) is 31.9 Å². The molecular formula is C15H21ClO5. The Labute approximate surface area is 129 Å². The summed E-state index contributed by atoms with van der Waals surface area (Å²) in [7, 11) is 2.96. The normalized spacial score (nSPS) is 13.4. The summed E-state index contributed by atoms with van der Waals surface area (Å²) < 4.78 is 15.3. The molecule has 2 atom stereocenters. The van der Waals surface area contributed by atoms with Gasteiger partial charge in [0.1, 0.15) is 0 Å². The number of benzene rings is 1. The van der Waals surface area contributed by atoms with E-state index in [9.17, 15) is 9.90 Å². The Morgan fingerprint density at radius 1 is 1.29 bits per heavy atom. The summed E-state index contributed by atoms with van der Waals surface area (Å²) >= 11 is 6.25. The zero-order chi connectivity index (χ0) is 16.0. The summed E-state index contributed by atoms with van der Waals surface area (Å²) in [4.78, 5) is 11.9. The molecule has 1 N–H and O–H groups in total. The van der Waals surface area contributed by atoms with Crippen molar-refractivity contribution in [3.05, 3.63) is 22.7 Å². The van der Waals surface area contributed by atoms with E-state index in [4.69, 9.17) is 25.8 Å². The number of ether oxygens (including phenoxy) is 3. The van der Waals surface area contributed by atoms with Crippen molar-refractivity contribution in [3.63, 3.8) is 0 Å². The minimum Gasteiger partial charge on any atom is -0.493 e. The average Bonchev–Trinajstić information content (AvgIpc) is 2.47. The van der Waals surface area contributed by atoms with Gasteiger partial charge >= 0.3 is 5.97 Å². The first-order chi connectivity index (χ1) is 10.0. The predicted molar refractivity (Wildman–Crippen MR) is 79.9 cm³/mol.